The standard InChI is InChI=1S/C21H27N3O2/c1-16-4-6-17(7-5-16)13-18-3-2-8-24(18)20-14-19(15-21(25)22-20)23-9-11-26-12-10-23/h4-7,14-15,18H,2-3,8-13H2,1H3,(H,22,25)/t18-/m1/s1. The molecule has 5 heteroatoms. The highest BCUT2D eigenvalue weighted by molar-refractivity contribution is 5.56. The lowest BCUT2D eigenvalue weighted by Crippen LogP contribution is -2.37. The molecule has 0 aliphatic carbocycles. The third-order valence-electron chi connectivity index (χ3n) is 5.47. The first-order valence-corrected chi connectivity index (χ1v) is 9.58. The number of pyridine rings is 1. The van der Waals surface area contributed by atoms with E-state index in [1.54, 1.807) is 6.07 Å². The van der Waals surface area contributed by atoms with Gasteiger partial charge in [-0.15, -0.1) is 0 Å². The second-order valence-corrected chi connectivity index (χ2v) is 7.37. The zero-order valence-corrected chi connectivity index (χ0v) is 15.4. The van der Waals surface area contributed by atoms with Gasteiger partial charge in [-0.3, -0.25) is 4.79 Å². The maximum Gasteiger partial charge on any atom is 0.251 e. The minimum Gasteiger partial charge on any atom is -0.378 e. The van der Waals surface area contributed by atoms with Crippen LogP contribution in [-0.4, -0.2) is 43.9 Å². The van der Waals surface area contributed by atoms with Crippen LogP contribution in [-0.2, 0) is 11.2 Å². The van der Waals surface area contributed by atoms with E-state index in [0.29, 0.717) is 6.04 Å². The Labute approximate surface area is 154 Å². The molecule has 0 bridgehead atoms. The van der Waals surface area contributed by atoms with Gasteiger partial charge in [0, 0.05) is 43.5 Å². The van der Waals surface area contributed by atoms with Gasteiger partial charge in [0.25, 0.3) is 5.56 Å². The Bertz CT molecular complexity index is 794. The van der Waals surface area contributed by atoms with Gasteiger partial charge in [0.1, 0.15) is 5.82 Å². The first-order valence-electron chi connectivity index (χ1n) is 9.58. The van der Waals surface area contributed by atoms with Gasteiger partial charge in [0.05, 0.1) is 13.2 Å². The first kappa shape index (κ1) is 17.2. The van der Waals surface area contributed by atoms with Crippen LogP contribution in [0.25, 0.3) is 0 Å². The first-order chi connectivity index (χ1) is 12.7. The summed E-state index contributed by atoms with van der Waals surface area (Å²) in [5, 5.41) is 0. The normalized spacial score (nSPS) is 20.6. The molecule has 4 rings (SSSR count). The lowest BCUT2D eigenvalue weighted by atomic mass is 10.0. The van der Waals surface area contributed by atoms with Crippen LogP contribution < -0.4 is 15.4 Å². The summed E-state index contributed by atoms with van der Waals surface area (Å²) in [4.78, 5) is 20.0. The van der Waals surface area contributed by atoms with E-state index < -0.39 is 0 Å². The van der Waals surface area contributed by atoms with Crippen molar-refractivity contribution in [3.8, 4) is 0 Å². The van der Waals surface area contributed by atoms with Gasteiger partial charge in [0.2, 0.25) is 0 Å². The van der Waals surface area contributed by atoms with Crippen molar-refractivity contribution in [3.63, 3.8) is 0 Å². The summed E-state index contributed by atoms with van der Waals surface area (Å²) >= 11 is 0. The monoisotopic (exact) mass is 353 g/mol. The minimum absolute atomic E-state index is 0.0232. The molecule has 0 saturated carbocycles. The Hall–Kier alpha value is -2.27. The Balaban J connectivity index is 1.56. The van der Waals surface area contributed by atoms with Gasteiger partial charge < -0.3 is 19.5 Å². The van der Waals surface area contributed by atoms with Crippen LogP contribution in [0.5, 0.6) is 0 Å². The van der Waals surface area contributed by atoms with E-state index in [4.69, 9.17) is 4.74 Å². The van der Waals surface area contributed by atoms with Crippen molar-refractivity contribution in [1.29, 1.82) is 0 Å². The SMILES string of the molecule is Cc1ccc(C[C@H]2CCCN2c2cc(N3CCOCC3)cc(=O)[nH]2)cc1. The van der Waals surface area contributed by atoms with E-state index in [-0.39, 0.29) is 5.56 Å². The van der Waals surface area contributed by atoms with E-state index in [9.17, 15) is 4.79 Å². The highest BCUT2D eigenvalue weighted by atomic mass is 16.5. The molecular weight excluding hydrogens is 326 g/mol. The fourth-order valence-electron chi connectivity index (χ4n) is 4.03. The van der Waals surface area contributed by atoms with Crippen molar-refractivity contribution in [3.05, 3.63) is 57.9 Å². The van der Waals surface area contributed by atoms with Crippen molar-refractivity contribution in [1.82, 2.24) is 4.98 Å². The molecule has 1 aromatic heterocycles. The molecule has 5 nitrogen and oxygen atoms in total. The lowest BCUT2D eigenvalue weighted by molar-refractivity contribution is 0.122. The van der Waals surface area contributed by atoms with Crippen LogP contribution in [0, 0.1) is 6.92 Å². The summed E-state index contributed by atoms with van der Waals surface area (Å²) in [6.45, 7) is 6.25. The number of aryl methyl sites for hydroxylation is 1. The summed E-state index contributed by atoms with van der Waals surface area (Å²) < 4.78 is 5.44. The van der Waals surface area contributed by atoms with Crippen molar-refractivity contribution in [2.75, 3.05) is 42.6 Å². The molecule has 26 heavy (non-hydrogen) atoms. The predicted molar refractivity (Wildman–Crippen MR) is 105 cm³/mol. The highest BCUT2D eigenvalue weighted by Gasteiger charge is 2.26. The number of anilines is 2. The second-order valence-electron chi connectivity index (χ2n) is 7.37. The summed E-state index contributed by atoms with van der Waals surface area (Å²) in [6.07, 6.45) is 3.35. The predicted octanol–water partition coefficient (Wildman–Crippen LogP) is 2.73. The van der Waals surface area contributed by atoms with Gasteiger partial charge in [0.15, 0.2) is 0 Å². The molecule has 0 unspecified atom stereocenters. The van der Waals surface area contributed by atoms with Gasteiger partial charge in [-0.05, 0) is 31.7 Å². The number of ether oxygens (including phenoxy) is 1. The molecule has 1 N–H and O–H groups in total. The molecule has 3 heterocycles. The molecule has 138 valence electrons. The van der Waals surface area contributed by atoms with Crippen molar-refractivity contribution < 1.29 is 4.74 Å². The Morgan fingerprint density at radius 3 is 2.65 bits per heavy atom. The number of rotatable bonds is 4. The summed E-state index contributed by atoms with van der Waals surface area (Å²) in [5.74, 6) is 0.952. The number of hydrogen-bond acceptors (Lipinski definition) is 4. The Kier molecular flexibility index (Phi) is 4.98. The zero-order valence-electron chi connectivity index (χ0n) is 15.4. The Morgan fingerprint density at radius 1 is 1.12 bits per heavy atom. The number of nitrogens with zero attached hydrogens (tertiary/aromatic N) is 2. The van der Waals surface area contributed by atoms with Crippen LogP contribution in [0.1, 0.15) is 24.0 Å². The fourth-order valence-corrected chi connectivity index (χ4v) is 4.03. The summed E-state index contributed by atoms with van der Waals surface area (Å²) in [7, 11) is 0. The maximum atomic E-state index is 12.3. The lowest BCUT2D eigenvalue weighted by Gasteiger charge is -2.31. The number of morpholine rings is 1. The van der Waals surface area contributed by atoms with Gasteiger partial charge in [-0.1, -0.05) is 29.8 Å². The Morgan fingerprint density at radius 2 is 1.88 bits per heavy atom. The molecule has 1 atom stereocenters. The van der Waals surface area contributed by atoms with Crippen LogP contribution in [0.15, 0.2) is 41.2 Å². The molecular formula is C21H27N3O2. The molecule has 2 aliphatic heterocycles. The van der Waals surface area contributed by atoms with Crippen LogP contribution in [0.2, 0.25) is 0 Å². The van der Waals surface area contributed by atoms with Crippen LogP contribution >= 0.6 is 0 Å². The third kappa shape index (κ3) is 3.78. The van der Waals surface area contributed by atoms with Gasteiger partial charge in [-0.25, -0.2) is 0 Å². The summed E-state index contributed by atoms with van der Waals surface area (Å²) in [5.41, 5.74) is 3.64. The molecule has 1 aromatic carbocycles. The maximum absolute atomic E-state index is 12.3. The number of nitrogens with one attached hydrogen (secondary N) is 1. The molecule has 2 aromatic rings. The van der Waals surface area contributed by atoms with E-state index in [1.807, 2.05) is 0 Å². The molecule has 2 fully saturated rings. The number of aromatic amines is 1. The number of benzene rings is 1. The average molecular weight is 353 g/mol. The zero-order chi connectivity index (χ0) is 17.9. The van der Waals surface area contributed by atoms with Gasteiger partial charge in [-0.2, -0.15) is 0 Å². The molecule has 2 saturated heterocycles. The van der Waals surface area contributed by atoms with Crippen molar-refractivity contribution in [2.24, 2.45) is 0 Å². The molecule has 0 radical (unpaired) electrons. The van der Waals surface area contributed by atoms with Crippen molar-refractivity contribution >= 4 is 11.5 Å². The van der Waals surface area contributed by atoms with E-state index in [1.165, 1.54) is 17.5 Å². The number of hydrogen-bond donors (Lipinski definition) is 1. The summed E-state index contributed by atoms with van der Waals surface area (Å²) in [6, 6.07) is 13.1. The number of aromatic nitrogens is 1. The fraction of sp³-hybridized carbons (Fsp3) is 0.476. The molecule has 0 amide bonds. The highest BCUT2D eigenvalue weighted by Crippen LogP contribution is 2.28. The van der Waals surface area contributed by atoms with Gasteiger partial charge >= 0.3 is 0 Å². The van der Waals surface area contributed by atoms with Crippen LogP contribution in [0.3, 0.4) is 0 Å². The minimum atomic E-state index is -0.0232. The van der Waals surface area contributed by atoms with E-state index >= 15 is 0 Å². The topological polar surface area (TPSA) is 48.6 Å². The third-order valence-corrected chi connectivity index (χ3v) is 5.47. The second kappa shape index (κ2) is 7.54. The van der Waals surface area contributed by atoms with E-state index in [2.05, 4.69) is 52.0 Å². The molecule has 2 aliphatic rings. The van der Waals surface area contributed by atoms with Crippen molar-refractivity contribution in [2.45, 2.75) is 32.2 Å². The largest absolute Gasteiger partial charge is 0.378 e. The van der Waals surface area contributed by atoms with E-state index in [0.717, 1.165) is 57.2 Å². The van der Waals surface area contributed by atoms with Crippen LogP contribution in [0.4, 0.5) is 11.5 Å². The quantitative estimate of drug-likeness (QED) is 0.918. The number of H-pyrrole nitrogens is 1. The molecule has 0 spiro atoms. The smallest absolute Gasteiger partial charge is 0.251 e. The average Bonchev–Trinajstić information content (AvgIpc) is 3.12.